The van der Waals surface area contributed by atoms with Crippen molar-refractivity contribution < 1.29 is 27.5 Å². The molecule has 9 heteroatoms. The van der Waals surface area contributed by atoms with Crippen molar-refractivity contribution in [3.63, 3.8) is 0 Å². The van der Waals surface area contributed by atoms with Gasteiger partial charge >= 0.3 is 5.97 Å². The molecule has 2 aromatic heterocycles. The number of ether oxygens (including phenoxy) is 1. The fourth-order valence-electron chi connectivity index (χ4n) is 2.52. The lowest BCUT2D eigenvalue weighted by Gasteiger charge is -2.25. The Morgan fingerprint density at radius 2 is 2.00 bits per heavy atom. The third-order valence-corrected chi connectivity index (χ3v) is 6.13. The number of rotatable bonds is 7. The van der Waals surface area contributed by atoms with E-state index in [-0.39, 0.29) is 22.8 Å². The molecule has 0 saturated carbocycles. The summed E-state index contributed by atoms with van der Waals surface area (Å²) >= 11 is 1.38. The first-order valence-corrected chi connectivity index (χ1v) is 10.3. The van der Waals surface area contributed by atoms with Gasteiger partial charge in [-0.3, -0.25) is 0 Å². The number of thiophene rings is 1. The largest absolute Gasteiger partial charge is 0.466 e. The molecule has 7 nitrogen and oxygen atoms in total. The van der Waals surface area contributed by atoms with Gasteiger partial charge in [0.2, 0.25) is 10.0 Å². The Hall–Kier alpha value is -2.46. The van der Waals surface area contributed by atoms with Crippen molar-refractivity contribution in [3.8, 4) is 0 Å². The molecule has 0 aliphatic carbocycles. The smallest absolute Gasteiger partial charge is 0.337 e. The Balaban J connectivity index is 1.84. The molecular formula is C18H17NO6S2. The number of carbonyl (C=O) groups is 1. The van der Waals surface area contributed by atoms with E-state index in [9.17, 15) is 18.3 Å². The van der Waals surface area contributed by atoms with Gasteiger partial charge in [0.15, 0.2) is 5.60 Å². The zero-order valence-corrected chi connectivity index (χ0v) is 15.9. The summed E-state index contributed by atoms with van der Waals surface area (Å²) in [5.41, 5.74) is -0.893. The second-order valence-electron chi connectivity index (χ2n) is 5.69. The maximum atomic E-state index is 12.6. The SMILES string of the molecule is COC(=O)c1ccc(S(=O)(=O)NC[C@](O)(c2ccsc2)c2ccco2)cc1. The highest BCUT2D eigenvalue weighted by Crippen LogP contribution is 2.31. The molecular weight excluding hydrogens is 390 g/mol. The van der Waals surface area contributed by atoms with E-state index in [0.29, 0.717) is 5.56 Å². The number of sulfonamides is 1. The van der Waals surface area contributed by atoms with Crippen molar-refractivity contribution in [1.29, 1.82) is 0 Å². The Morgan fingerprint density at radius 3 is 2.56 bits per heavy atom. The lowest BCUT2D eigenvalue weighted by molar-refractivity contribution is 0.0600. The van der Waals surface area contributed by atoms with E-state index < -0.39 is 21.6 Å². The van der Waals surface area contributed by atoms with Crippen molar-refractivity contribution in [2.75, 3.05) is 13.7 Å². The highest BCUT2D eigenvalue weighted by Gasteiger charge is 2.36. The summed E-state index contributed by atoms with van der Waals surface area (Å²) in [5.74, 6) is -0.332. The average Bonchev–Trinajstić information content (AvgIpc) is 3.40. The van der Waals surface area contributed by atoms with Crippen LogP contribution in [0.2, 0.25) is 0 Å². The topological polar surface area (TPSA) is 106 Å². The Morgan fingerprint density at radius 1 is 1.26 bits per heavy atom. The summed E-state index contributed by atoms with van der Waals surface area (Å²) in [7, 11) is -2.68. The van der Waals surface area contributed by atoms with Crippen molar-refractivity contribution in [2.24, 2.45) is 0 Å². The highest BCUT2D eigenvalue weighted by atomic mass is 32.2. The second-order valence-corrected chi connectivity index (χ2v) is 8.24. The quantitative estimate of drug-likeness (QED) is 0.583. The number of aliphatic hydroxyl groups is 1. The Bertz CT molecular complexity index is 959. The van der Waals surface area contributed by atoms with Crippen LogP contribution < -0.4 is 4.72 Å². The molecule has 0 bridgehead atoms. The van der Waals surface area contributed by atoms with Crippen LogP contribution in [0.3, 0.4) is 0 Å². The van der Waals surface area contributed by atoms with Crippen LogP contribution in [0.25, 0.3) is 0 Å². The zero-order valence-electron chi connectivity index (χ0n) is 14.3. The van der Waals surface area contributed by atoms with Gasteiger partial charge in [0.25, 0.3) is 0 Å². The molecule has 2 N–H and O–H groups in total. The number of nitrogens with one attached hydrogen (secondary N) is 1. The summed E-state index contributed by atoms with van der Waals surface area (Å²) < 4.78 is 37.5. The summed E-state index contributed by atoms with van der Waals surface area (Å²) in [5, 5.41) is 14.6. The minimum Gasteiger partial charge on any atom is -0.466 e. The van der Waals surface area contributed by atoms with E-state index in [1.165, 1.54) is 49.0 Å². The maximum absolute atomic E-state index is 12.6. The third-order valence-electron chi connectivity index (χ3n) is 4.03. The molecule has 1 aromatic carbocycles. The van der Waals surface area contributed by atoms with Gasteiger partial charge in [0, 0.05) is 5.56 Å². The number of esters is 1. The van der Waals surface area contributed by atoms with Gasteiger partial charge in [-0.1, -0.05) is 0 Å². The maximum Gasteiger partial charge on any atom is 0.337 e. The second kappa shape index (κ2) is 7.65. The van der Waals surface area contributed by atoms with Gasteiger partial charge in [-0.15, -0.1) is 0 Å². The predicted octanol–water partition coefficient (Wildman–Crippen LogP) is 2.34. The van der Waals surface area contributed by atoms with Crippen molar-refractivity contribution >= 4 is 27.3 Å². The average molecular weight is 407 g/mol. The van der Waals surface area contributed by atoms with Gasteiger partial charge in [-0.05, 0) is 53.2 Å². The van der Waals surface area contributed by atoms with Gasteiger partial charge in [-0.25, -0.2) is 17.9 Å². The molecule has 0 spiro atoms. The molecule has 0 aliphatic heterocycles. The summed E-state index contributed by atoms with van der Waals surface area (Å²) in [6, 6.07) is 10.2. The minimum atomic E-state index is -3.93. The van der Waals surface area contributed by atoms with Crippen LogP contribution in [0, 0.1) is 0 Å². The molecule has 0 aliphatic rings. The number of benzene rings is 1. The molecule has 0 unspecified atom stereocenters. The molecule has 1 atom stereocenters. The van der Waals surface area contributed by atoms with Crippen molar-refractivity contribution in [1.82, 2.24) is 4.72 Å². The van der Waals surface area contributed by atoms with Gasteiger partial charge in [0.05, 0.1) is 30.4 Å². The van der Waals surface area contributed by atoms with Gasteiger partial charge in [-0.2, -0.15) is 11.3 Å². The summed E-state index contributed by atoms with van der Waals surface area (Å²) in [4.78, 5) is 11.4. The molecule has 0 fully saturated rings. The molecule has 0 radical (unpaired) electrons. The molecule has 0 amide bonds. The third kappa shape index (κ3) is 3.96. The molecule has 142 valence electrons. The number of hydrogen-bond donors (Lipinski definition) is 2. The first-order valence-electron chi connectivity index (χ1n) is 7.84. The molecule has 27 heavy (non-hydrogen) atoms. The lowest BCUT2D eigenvalue weighted by atomic mass is 9.94. The van der Waals surface area contributed by atoms with E-state index in [1.807, 2.05) is 0 Å². The van der Waals surface area contributed by atoms with E-state index >= 15 is 0 Å². The van der Waals surface area contributed by atoms with E-state index in [4.69, 9.17) is 4.42 Å². The van der Waals surface area contributed by atoms with Crippen LogP contribution in [0.1, 0.15) is 21.7 Å². The van der Waals surface area contributed by atoms with Crippen LogP contribution in [0.5, 0.6) is 0 Å². The first kappa shape index (κ1) is 19.3. The normalized spacial score (nSPS) is 13.9. The van der Waals surface area contributed by atoms with Gasteiger partial charge in [0.1, 0.15) is 5.76 Å². The predicted molar refractivity (Wildman–Crippen MR) is 99.0 cm³/mol. The molecule has 2 heterocycles. The molecule has 3 aromatic rings. The summed E-state index contributed by atoms with van der Waals surface area (Å²) in [6.07, 6.45) is 1.41. The van der Waals surface area contributed by atoms with Crippen LogP contribution in [-0.2, 0) is 20.4 Å². The Labute approximate surface area is 160 Å². The lowest BCUT2D eigenvalue weighted by Crippen LogP contribution is -2.41. The minimum absolute atomic E-state index is 0.0396. The monoisotopic (exact) mass is 407 g/mol. The standard InChI is InChI=1S/C18H17NO6S2/c1-24-17(20)13-4-6-15(7-5-13)27(22,23)19-12-18(21,14-8-10-26-11-14)16-3-2-9-25-16/h2-11,19,21H,12H2,1H3/t18-/m0/s1. The summed E-state index contributed by atoms with van der Waals surface area (Å²) in [6.45, 7) is -0.321. The first-order chi connectivity index (χ1) is 12.9. The fourth-order valence-corrected chi connectivity index (χ4v) is 4.30. The van der Waals surface area contributed by atoms with Crippen LogP contribution >= 0.6 is 11.3 Å². The van der Waals surface area contributed by atoms with Crippen molar-refractivity contribution in [2.45, 2.75) is 10.5 Å². The van der Waals surface area contributed by atoms with Gasteiger partial charge < -0.3 is 14.3 Å². The van der Waals surface area contributed by atoms with Crippen LogP contribution in [-0.4, -0.2) is 33.1 Å². The zero-order chi connectivity index (χ0) is 19.5. The number of methoxy groups -OCH3 is 1. The van der Waals surface area contributed by atoms with Crippen LogP contribution in [0.4, 0.5) is 0 Å². The van der Waals surface area contributed by atoms with Crippen molar-refractivity contribution in [3.05, 3.63) is 76.4 Å². The van der Waals surface area contributed by atoms with Crippen LogP contribution in [0.15, 0.2) is 68.8 Å². The van der Waals surface area contributed by atoms with E-state index in [2.05, 4.69) is 9.46 Å². The number of hydrogen-bond acceptors (Lipinski definition) is 7. The molecule has 3 rings (SSSR count). The molecule has 0 saturated heterocycles. The van der Waals surface area contributed by atoms with E-state index in [1.54, 1.807) is 29.0 Å². The Kier molecular flexibility index (Phi) is 5.47. The highest BCUT2D eigenvalue weighted by molar-refractivity contribution is 7.89. The number of furan rings is 1. The fraction of sp³-hybridized carbons (Fsp3) is 0.167. The number of carbonyl (C=O) groups excluding carboxylic acids is 1. The van der Waals surface area contributed by atoms with E-state index in [0.717, 1.165) is 0 Å².